The van der Waals surface area contributed by atoms with Crippen LogP contribution in [0.5, 0.6) is 0 Å². The van der Waals surface area contributed by atoms with Crippen molar-refractivity contribution in [3.63, 3.8) is 0 Å². The topological polar surface area (TPSA) is 56.2 Å². The number of aryl methyl sites for hydroxylation is 1. The minimum absolute atomic E-state index is 0.103. The van der Waals surface area contributed by atoms with Crippen LogP contribution in [0.4, 0.5) is 4.39 Å². The first kappa shape index (κ1) is 17.6. The predicted octanol–water partition coefficient (Wildman–Crippen LogP) is 3.05. The van der Waals surface area contributed by atoms with E-state index in [1.54, 1.807) is 16.8 Å². The van der Waals surface area contributed by atoms with Gasteiger partial charge in [0.1, 0.15) is 5.82 Å². The number of ether oxygens (including phenoxy) is 1. The highest BCUT2D eigenvalue weighted by Crippen LogP contribution is 2.21. The Bertz CT molecular complexity index is 734. The van der Waals surface area contributed by atoms with E-state index < -0.39 is 0 Å². The average Bonchev–Trinajstić information content (AvgIpc) is 3.27. The standard InChI is InChI=1S/C19H24FN3O2/c1-3-16-18(19(24)21-12-15-6-5-11-25-15)17(4-2)23(22-16)14-9-7-13(20)8-10-14/h7-10,15H,3-6,11-12H2,1-2H3,(H,21,24)/t15-/m1/s1. The van der Waals surface area contributed by atoms with E-state index in [0.29, 0.717) is 24.9 Å². The third-order valence-corrected chi connectivity index (χ3v) is 4.54. The Morgan fingerprint density at radius 2 is 2.08 bits per heavy atom. The van der Waals surface area contributed by atoms with E-state index in [-0.39, 0.29) is 17.8 Å². The van der Waals surface area contributed by atoms with Gasteiger partial charge >= 0.3 is 0 Å². The summed E-state index contributed by atoms with van der Waals surface area (Å²) < 4.78 is 20.5. The summed E-state index contributed by atoms with van der Waals surface area (Å²) >= 11 is 0. The lowest BCUT2D eigenvalue weighted by Crippen LogP contribution is -2.32. The molecule has 1 N–H and O–H groups in total. The Morgan fingerprint density at radius 1 is 1.32 bits per heavy atom. The number of rotatable bonds is 6. The third kappa shape index (κ3) is 3.74. The SMILES string of the molecule is CCc1nn(-c2ccc(F)cc2)c(CC)c1C(=O)NC[C@H]1CCCO1. The van der Waals surface area contributed by atoms with E-state index in [0.717, 1.165) is 36.5 Å². The number of carbonyl (C=O) groups is 1. The van der Waals surface area contributed by atoms with Gasteiger partial charge in [0.05, 0.1) is 28.7 Å². The smallest absolute Gasteiger partial charge is 0.255 e. The van der Waals surface area contributed by atoms with Crippen molar-refractivity contribution in [2.75, 3.05) is 13.2 Å². The molecular formula is C19H24FN3O2. The van der Waals surface area contributed by atoms with Crippen LogP contribution < -0.4 is 5.32 Å². The molecular weight excluding hydrogens is 321 g/mol. The van der Waals surface area contributed by atoms with Gasteiger partial charge in [-0.15, -0.1) is 0 Å². The molecule has 1 aromatic heterocycles. The van der Waals surface area contributed by atoms with Crippen LogP contribution in [-0.4, -0.2) is 34.9 Å². The fourth-order valence-electron chi connectivity index (χ4n) is 3.24. The maximum absolute atomic E-state index is 13.2. The molecule has 1 aliphatic rings. The molecule has 6 heteroatoms. The Labute approximate surface area is 147 Å². The van der Waals surface area contributed by atoms with Crippen molar-refractivity contribution in [2.24, 2.45) is 0 Å². The monoisotopic (exact) mass is 345 g/mol. The summed E-state index contributed by atoms with van der Waals surface area (Å²) in [6.45, 7) is 5.26. The molecule has 0 unspecified atom stereocenters. The summed E-state index contributed by atoms with van der Waals surface area (Å²) in [5.74, 6) is -0.406. The molecule has 1 aromatic carbocycles. The fraction of sp³-hybridized carbons (Fsp3) is 0.474. The largest absolute Gasteiger partial charge is 0.376 e. The quantitative estimate of drug-likeness (QED) is 0.875. The molecule has 5 nitrogen and oxygen atoms in total. The highest BCUT2D eigenvalue weighted by molar-refractivity contribution is 5.96. The van der Waals surface area contributed by atoms with Gasteiger partial charge in [0.2, 0.25) is 0 Å². The summed E-state index contributed by atoms with van der Waals surface area (Å²) in [5, 5.41) is 7.59. The van der Waals surface area contributed by atoms with Crippen LogP contribution in [0.3, 0.4) is 0 Å². The first-order valence-electron chi connectivity index (χ1n) is 8.90. The minimum atomic E-state index is -0.292. The molecule has 0 spiro atoms. The van der Waals surface area contributed by atoms with Crippen molar-refractivity contribution in [3.8, 4) is 5.69 Å². The number of hydrogen-bond donors (Lipinski definition) is 1. The molecule has 0 saturated carbocycles. The number of nitrogens with zero attached hydrogens (tertiary/aromatic N) is 2. The number of hydrogen-bond acceptors (Lipinski definition) is 3. The lowest BCUT2D eigenvalue weighted by molar-refractivity contribution is 0.0856. The first-order chi connectivity index (χ1) is 12.1. The van der Waals surface area contributed by atoms with E-state index in [2.05, 4.69) is 10.4 Å². The Morgan fingerprint density at radius 3 is 2.68 bits per heavy atom. The van der Waals surface area contributed by atoms with Gasteiger partial charge in [0.25, 0.3) is 5.91 Å². The van der Waals surface area contributed by atoms with Crippen LogP contribution in [0.15, 0.2) is 24.3 Å². The maximum atomic E-state index is 13.2. The predicted molar refractivity (Wildman–Crippen MR) is 93.6 cm³/mol. The number of halogens is 1. The van der Waals surface area contributed by atoms with Gasteiger partial charge in [-0.25, -0.2) is 9.07 Å². The average molecular weight is 345 g/mol. The van der Waals surface area contributed by atoms with Gasteiger partial charge in [-0.05, 0) is 49.9 Å². The number of amides is 1. The van der Waals surface area contributed by atoms with E-state index >= 15 is 0 Å². The fourth-order valence-corrected chi connectivity index (χ4v) is 3.24. The van der Waals surface area contributed by atoms with Gasteiger partial charge < -0.3 is 10.1 Å². The van der Waals surface area contributed by atoms with E-state index in [1.165, 1.54) is 12.1 Å². The molecule has 1 saturated heterocycles. The number of aromatic nitrogens is 2. The molecule has 1 fully saturated rings. The van der Waals surface area contributed by atoms with Gasteiger partial charge in [0, 0.05) is 13.2 Å². The molecule has 0 aliphatic carbocycles. The van der Waals surface area contributed by atoms with Crippen molar-refractivity contribution < 1.29 is 13.9 Å². The van der Waals surface area contributed by atoms with E-state index in [1.807, 2.05) is 13.8 Å². The van der Waals surface area contributed by atoms with Gasteiger partial charge in [-0.3, -0.25) is 4.79 Å². The first-order valence-corrected chi connectivity index (χ1v) is 8.90. The van der Waals surface area contributed by atoms with E-state index in [4.69, 9.17) is 4.74 Å². The molecule has 0 radical (unpaired) electrons. The van der Waals surface area contributed by atoms with Crippen LogP contribution in [0.25, 0.3) is 5.69 Å². The van der Waals surface area contributed by atoms with Crippen LogP contribution in [-0.2, 0) is 17.6 Å². The molecule has 1 atom stereocenters. The Hall–Kier alpha value is -2.21. The second-order valence-electron chi connectivity index (χ2n) is 6.21. The summed E-state index contributed by atoms with van der Waals surface area (Å²) in [5.41, 5.74) is 2.98. The molecule has 25 heavy (non-hydrogen) atoms. The molecule has 3 rings (SSSR count). The zero-order chi connectivity index (χ0) is 17.8. The minimum Gasteiger partial charge on any atom is -0.376 e. The summed E-state index contributed by atoms with van der Waals surface area (Å²) in [6, 6.07) is 6.16. The van der Waals surface area contributed by atoms with Crippen LogP contribution in [0.2, 0.25) is 0 Å². The highest BCUT2D eigenvalue weighted by Gasteiger charge is 2.24. The lowest BCUT2D eigenvalue weighted by Gasteiger charge is -2.12. The van der Waals surface area contributed by atoms with Crippen molar-refractivity contribution in [1.82, 2.24) is 15.1 Å². The lowest BCUT2D eigenvalue weighted by atomic mass is 10.1. The second kappa shape index (κ2) is 7.78. The van der Waals surface area contributed by atoms with Crippen molar-refractivity contribution in [3.05, 3.63) is 47.0 Å². The van der Waals surface area contributed by atoms with Crippen LogP contribution in [0.1, 0.15) is 48.4 Å². The van der Waals surface area contributed by atoms with Crippen molar-refractivity contribution in [1.29, 1.82) is 0 Å². The van der Waals surface area contributed by atoms with Gasteiger partial charge in [-0.1, -0.05) is 13.8 Å². The number of carbonyl (C=O) groups excluding carboxylic acids is 1. The summed E-state index contributed by atoms with van der Waals surface area (Å²) in [7, 11) is 0. The normalized spacial score (nSPS) is 17.0. The molecule has 1 amide bonds. The summed E-state index contributed by atoms with van der Waals surface area (Å²) in [4.78, 5) is 12.8. The van der Waals surface area contributed by atoms with Gasteiger partial charge in [0.15, 0.2) is 0 Å². The third-order valence-electron chi connectivity index (χ3n) is 4.54. The summed E-state index contributed by atoms with van der Waals surface area (Å²) in [6.07, 6.45) is 3.45. The Balaban J connectivity index is 1.89. The van der Waals surface area contributed by atoms with Gasteiger partial charge in [-0.2, -0.15) is 5.10 Å². The van der Waals surface area contributed by atoms with Crippen molar-refractivity contribution in [2.45, 2.75) is 45.6 Å². The van der Waals surface area contributed by atoms with Crippen molar-refractivity contribution >= 4 is 5.91 Å². The molecule has 1 aliphatic heterocycles. The zero-order valence-electron chi connectivity index (χ0n) is 14.7. The van der Waals surface area contributed by atoms with Crippen LogP contribution >= 0.6 is 0 Å². The molecule has 2 aromatic rings. The van der Waals surface area contributed by atoms with Crippen LogP contribution in [0, 0.1) is 5.82 Å². The molecule has 2 heterocycles. The number of benzene rings is 1. The highest BCUT2D eigenvalue weighted by atomic mass is 19.1. The zero-order valence-corrected chi connectivity index (χ0v) is 14.7. The molecule has 0 bridgehead atoms. The molecule has 134 valence electrons. The second-order valence-corrected chi connectivity index (χ2v) is 6.21. The maximum Gasteiger partial charge on any atom is 0.255 e. The Kier molecular flexibility index (Phi) is 5.48. The van der Waals surface area contributed by atoms with E-state index in [9.17, 15) is 9.18 Å². The number of nitrogens with one attached hydrogen (secondary N) is 1.